The number of aryl methyl sites for hydroxylation is 1. The second kappa shape index (κ2) is 5.62. The summed E-state index contributed by atoms with van der Waals surface area (Å²) in [5.74, 6) is 0.0966. The van der Waals surface area contributed by atoms with Crippen LogP contribution in [0.15, 0.2) is 28.7 Å². The van der Waals surface area contributed by atoms with Gasteiger partial charge in [-0.05, 0) is 31.0 Å². The Bertz CT molecular complexity index is 654. The van der Waals surface area contributed by atoms with Crippen LogP contribution in [-0.2, 0) is 0 Å². The molecule has 20 heavy (non-hydrogen) atoms. The number of rotatable bonds is 4. The standard InChI is InChI=1S/C13H15BrN4O2/c1-3-11(9-5-4-6-10(14)7-9)17-13(15)12(18(19)20)8(2)16-17/h4-7,11H,3,15H2,1-2H3. The minimum atomic E-state index is -0.484. The summed E-state index contributed by atoms with van der Waals surface area (Å²) in [6.45, 7) is 3.59. The van der Waals surface area contributed by atoms with Gasteiger partial charge in [-0.3, -0.25) is 10.1 Å². The first-order valence-electron chi connectivity index (χ1n) is 6.20. The number of nitro groups is 1. The van der Waals surface area contributed by atoms with Gasteiger partial charge in [0.15, 0.2) is 0 Å². The lowest BCUT2D eigenvalue weighted by Crippen LogP contribution is -2.14. The van der Waals surface area contributed by atoms with Crippen molar-refractivity contribution in [3.05, 3.63) is 50.1 Å². The highest BCUT2D eigenvalue weighted by atomic mass is 79.9. The molecule has 2 N–H and O–H groups in total. The molecule has 0 aliphatic carbocycles. The van der Waals surface area contributed by atoms with Crippen LogP contribution in [-0.4, -0.2) is 14.7 Å². The molecule has 0 saturated carbocycles. The maximum Gasteiger partial charge on any atom is 0.333 e. The average molecular weight is 339 g/mol. The summed E-state index contributed by atoms with van der Waals surface area (Å²) >= 11 is 3.42. The fourth-order valence-corrected chi connectivity index (χ4v) is 2.70. The van der Waals surface area contributed by atoms with Crippen LogP contribution in [0.5, 0.6) is 0 Å². The van der Waals surface area contributed by atoms with Gasteiger partial charge < -0.3 is 5.73 Å². The molecule has 0 amide bonds. The van der Waals surface area contributed by atoms with E-state index in [1.54, 1.807) is 6.92 Å². The molecule has 0 spiro atoms. The van der Waals surface area contributed by atoms with Gasteiger partial charge in [0, 0.05) is 4.47 Å². The number of hydrogen-bond acceptors (Lipinski definition) is 4. The minimum absolute atomic E-state index is 0.0966. The fraction of sp³-hybridized carbons (Fsp3) is 0.308. The summed E-state index contributed by atoms with van der Waals surface area (Å²) in [6.07, 6.45) is 0.735. The van der Waals surface area contributed by atoms with E-state index in [1.807, 2.05) is 31.2 Å². The van der Waals surface area contributed by atoms with Gasteiger partial charge in [0.1, 0.15) is 5.69 Å². The Kier molecular flexibility index (Phi) is 4.08. The number of nitrogens with zero attached hydrogens (tertiary/aromatic N) is 3. The largest absolute Gasteiger partial charge is 0.378 e. The van der Waals surface area contributed by atoms with Gasteiger partial charge in [0.2, 0.25) is 5.82 Å². The molecular formula is C13H15BrN4O2. The normalized spacial score (nSPS) is 12.3. The van der Waals surface area contributed by atoms with E-state index in [2.05, 4.69) is 21.0 Å². The van der Waals surface area contributed by atoms with E-state index >= 15 is 0 Å². The lowest BCUT2D eigenvalue weighted by molar-refractivity contribution is -0.384. The minimum Gasteiger partial charge on any atom is -0.378 e. The summed E-state index contributed by atoms with van der Waals surface area (Å²) in [7, 11) is 0. The zero-order chi connectivity index (χ0) is 14.9. The van der Waals surface area contributed by atoms with Gasteiger partial charge in [-0.2, -0.15) is 5.10 Å². The van der Waals surface area contributed by atoms with E-state index in [1.165, 1.54) is 4.68 Å². The summed E-state index contributed by atoms with van der Waals surface area (Å²) in [5.41, 5.74) is 7.13. The number of halogens is 1. The van der Waals surface area contributed by atoms with E-state index < -0.39 is 4.92 Å². The van der Waals surface area contributed by atoms with Gasteiger partial charge in [-0.1, -0.05) is 35.0 Å². The second-order valence-corrected chi connectivity index (χ2v) is 5.42. The average Bonchev–Trinajstić information content (AvgIpc) is 2.66. The lowest BCUT2D eigenvalue weighted by Gasteiger charge is -2.17. The molecule has 7 heteroatoms. The Labute approximate surface area is 124 Å². The van der Waals surface area contributed by atoms with Crippen molar-refractivity contribution in [2.45, 2.75) is 26.3 Å². The molecule has 0 aliphatic rings. The molecule has 0 radical (unpaired) electrons. The third-order valence-corrected chi connectivity index (χ3v) is 3.68. The third kappa shape index (κ3) is 2.53. The van der Waals surface area contributed by atoms with Crippen LogP contribution in [0, 0.1) is 17.0 Å². The smallest absolute Gasteiger partial charge is 0.333 e. The van der Waals surface area contributed by atoms with Crippen molar-refractivity contribution in [2.75, 3.05) is 5.73 Å². The summed E-state index contributed by atoms with van der Waals surface area (Å²) < 4.78 is 2.49. The zero-order valence-electron chi connectivity index (χ0n) is 11.2. The highest BCUT2D eigenvalue weighted by molar-refractivity contribution is 9.10. The van der Waals surface area contributed by atoms with Crippen LogP contribution in [0.25, 0.3) is 0 Å². The topological polar surface area (TPSA) is 87.0 Å². The van der Waals surface area contributed by atoms with Crippen LogP contribution < -0.4 is 5.73 Å². The quantitative estimate of drug-likeness (QED) is 0.683. The molecular weight excluding hydrogens is 324 g/mol. The van der Waals surface area contributed by atoms with Gasteiger partial charge >= 0.3 is 5.69 Å². The van der Waals surface area contributed by atoms with Gasteiger partial charge in [0.25, 0.3) is 0 Å². The highest BCUT2D eigenvalue weighted by Gasteiger charge is 2.26. The monoisotopic (exact) mass is 338 g/mol. The number of aromatic nitrogens is 2. The lowest BCUT2D eigenvalue weighted by atomic mass is 10.1. The molecule has 0 saturated heterocycles. The van der Waals surface area contributed by atoms with E-state index in [9.17, 15) is 10.1 Å². The van der Waals surface area contributed by atoms with Crippen molar-refractivity contribution in [3.63, 3.8) is 0 Å². The van der Waals surface area contributed by atoms with Gasteiger partial charge in [0.05, 0.1) is 11.0 Å². The van der Waals surface area contributed by atoms with Crippen molar-refractivity contribution in [3.8, 4) is 0 Å². The molecule has 0 bridgehead atoms. The molecule has 1 unspecified atom stereocenters. The number of nitrogen functional groups attached to an aromatic ring is 1. The predicted molar refractivity (Wildman–Crippen MR) is 80.6 cm³/mol. The van der Waals surface area contributed by atoms with Crippen molar-refractivity contribution in [1.82, 2.24) is 9.78 Å². The number of benzene rings is 1. The van der Waals surface area contributed by atoms with Crippen molar-refractivity contribution in [2.24, 2.45) is 0 Å². The van der Waals surface area contributed by atoms with Crippen LogP contribution in [0.1, 0.15) is 30.6 Å². The number of hydrogen-bond donors (Lipinski definition) is 1. The number of anilines is 1. The third-order valence-electron chi connectivity index (χ3n) is 3.19. The maximum atomic E-state index is 11.0. The number of nitrogens with two attached hydrogens (primary N) is 1. The summed E-state index contributed by atoms with van der Waals surface area (Å²) in [5, 5.41) is 15.3. The molecule has 0 fully saturated rings. The van der Waals surface area contributed by atoms with Crippen molar-refractivity contribution >= 4 is 27.4 Å². The van der Waals surface area contributed by atoms with Crippen molar-refractivity contribution in [1.29, 1.82) is 0 Å². The van der Waals surface area contributed by atoms with E-state index in [0.29, 0.717) is 5.69 Å². The summed E-state index contributed by atoms with van der Waals surface area (Å²) in [6, 6.07) is 7.65. The van der Waals surface area contributed by atoms with E-state index in [0.717, 1.165) is 16.5 Å². The molecule has 1 aromatic carbocycles. The first-order chi connectivity index (χ1) is 9.45. The van der Waals surface area contributed by atoms with Crippen LogP contribution >= 0.6 is 15.9 Å². The Morgan fingerprint density at radius 1 is 1.55 bits per heavy atom. The Balaban J connectivity index is 2.53. The fourth-order valence-electron chi connectivity index (χ4n) is 2.28. The van der Waals surface area contributed by atoms with Crippen LogP contribution in [0.3, 0.4) is 0 Å². The zero-order valence-corrected chi connectivity index (χ0v) is 12.8. The Morgan fingerprint density at radius 3 is 2.75 bits per heavy atom. The molecule has 1 aromatic heterocycles. The Morgan fingerprint density at radius 2 is 2.25 bits per heavy atom. The molecule has 2 rings (SSSR count). The molecule has 2 aromatic rings. The van der Waals surface area contributed by atoms with Gasteiger partial charge in [-0.25, -0.2) is 4.68 Å². The van der Waals surface area contributed by atoms with E-state index in [4.69, 9.17) is 5.73 Å². The predicted octanol–water partition coefficient (Wildman–Crippen LogP) is 3.44. The van der Waals surface area contributed by atoms with Crippen LogP contribution in [0.4, 0.5) is 11.5 Å². The molecule has 1 atom stereocenters. The molecule has 106 valence electrons. The molecule has 6 nitrogen and oxygen atoms in total. The first-order valence-corrected chi connectivity index (χ1v) is 6.99. The maximum absolute atomic E-state index is 11.0. The SMILES string of the molecule is CCC(c1cccc(Br)c1)n1nc(C)c([N+](=O)[O-])c1N. The molecule has 0 aliphatic heterocycles. The van der Waals surface area contributed by atoms with Crippen molar-refractivity contribution < 1.29 is 4.92 Å². The summed E-state index contributed by atoms with van der Waals surface area (Å²) in [4.78, 5) is 10.5. The Hall–Kier alpha value is -1.89. The second-order valence-electron chi connectivity index (χ2n) is 4.50. The van der Waals surface area contributed by atoms with Gasteiger partial charge in [-0.15, -0.1) is 0 Å². The van der Waals surface area contributed by atoms with Crippen LogP contribution in [0.2, 0.25) is 0 Å². The molecule has 1 heterocycles. The highest BCUT2D eigenvalue weighted by Crippen LogP contribution is 2.32. The first kappa shape index (κ1) is 14.5. The van der Waals surface area contributed by atoms with E-state index in [-0.39, 0.29) is 17.5 Å².